The summed E-state index contributed by atoms with van der Waals surface area (Å²) in [7, 11) is 0. The first kappa shape index (κ1) is 15.4. The highest BCUT2D eigenvalue weighted by molar-refractivity contribution is 5.31. The summed E-state index contributed by atoms with van der Waals surface area (Å²) in [5.74, 6) is 8.57. The van der Waals surface area contributed by atoms with Crippen LogP contribution in [0.3, 0.4) is 0 Å². The molecule has 0 spiro atoms. The van der Waals surface area contributed by atoms with Crippen molar-refractivity contribution in [3.8, 4) is 24.2 Å². The van der Waals surface area contributed by atoms with Crippen LogP contribution in [0.4, 0.5) is 0 Å². The molecule has 1 aromatic carbocycles. The van der Waals surface area contributed by atoms with Crippen LogP contribution in [0, 0.1) is 24.2 Å². The lowest BCUT2D eigenvalue weighted by atomic mass is 9.86. The lowest BCUT2D eigenvalue weighted by Crippen LogP contribution is -2.11. The predicted octanol–water partition coefficient (Wildman–Crippen LogP) is 4.09. The quantitative estimate of drug-likeness (QED) is 0.738. The van der Waals surface area contributed by atoms with Gasteiger partial charge in [-0.1, -0.05) is 63.8 Å². The average molecular weight is 254 g/mol. The monoisotopic (exact) mass is 254 g/mol. The van der Waals surface area contributed by atoms with Crippen LogP contribution in [0.1, 0.15) is 51.3 Å². The van der Waals surface area contributed by atoms with Gasteiger partial charge in [-0.3, -0.25) is 0 Å². The maximum Gasteiger partial charge on any atom is 0.144 e. The molecule has 0 saturated heterocycles. The second-order valence-electron chi connectivity index (χ2n) is 5.44. The van der Waals surface area contributed by atoms with Gasteiger partial charge in [0.1, 0.15) is 12.7 Å². The third-order valence-electron chi connectivity index (χ3n) is 2.85. The molecule has 0 aromatic heterocycles. The van der Waals surface area contributed by atoms with E-state index in [1.165, 1.54) is 5.56 Å². The van der Waals surface area contributed by atoms with E-state index in [9.17, 15) is 0 Å². The first-order chi connectivity index (χ1) is 8.99. The molecule has 1 nitrogen and oxygen atoms in total. The van der Waals surface area contributed by atoms with Crippen LogP contribution in [0.5, 0.6) is 0 Å². The Labute approximate surface area is 117 Å². The Morgan fingerprint density at radius 2 is 1.79 bits per heavy atom. The highest BCUT2D eigenvalue weighted by Crippen LogP contribution is 2.24. The standard InChI is InChI=1S/C18H22O/c1-6-8-9-14-19-17(7-2)15-10-12-16(13-11-15)18(3,4)5/h2,10-13,17H,6,14H2,1,3-5H3. The summed E-state index contributed by atoms with van der Waals surface area (Å²) in [5, 5.41) is 0. The van der Waals surface area contributed by atoms with Crippen LogP contribution in [-0.4, -0.2) is 6.61 Å². The van der Waals surface area contributed by atoms with Crippen LogP contribution in [0.25, 0.3) is 0 Å². The fourth-order valence-electron chi connectivity index (χ4n) is 1.70. The number of benzene rings is 1. The Morgan fingerprint density at radius 1 is 1.16 bits per heavy atom. The summed E-state index contributed by atoms with van der Waals surface area (Å²) in [6.45, 7) is 8.97. The minimum absolute atomic E-state index is 0.150. The smallest absolute Gasteiger partial charge is 0.144 e. The number of rotatable bonds is 3. The van der Waals surface area contributed by atoms with Gasteiger partial charge in [-0.25, -0.2) is 0 Å². The van der Waals surface area contributed by atoms with Crippen molar-refractivity contribution in [1.29, 1.82) is 0 Å². The zero-order valence-electron chi connectivity index (χ0n) is 12.3. The zero-order chi connectivity index (χ0) is 14.3. The molecule has 0 aliphatic carbocycles. The number of hydrogen-bond donors (Lipinski definition) is 0. The van der Waals surface area contributed by atoms with Crippen LogP contribution < -0.4 is 0 Å². The van der Waals surface area contributed by atoms with Crippen molar-refractivity contribution in [2.45, 2.75) is 45.6 Å². The second kappa shape index (κ2) is 7.03. The first-order valence-electron chi connectivity index (χ1n) is 6.63. The van der Waals surface area contributed by atoms with Gasteiger partial charge < -0.3 is 4.74 Å². The minimum atomic E-state index is -0.319. The average Bonchev–Trinajstić information content (AvgIpc) is 2.38. The molecule has 1 atom stereocenters. The summed E-state index contributed by atoms with van der Waals surface area (Å²) in [6.07, 6.45) is 6.04. The van der Waals surface area contributed by atoms with Gasteiger partial charge in [0.2, 0.25) is 0 Å². The van der Waals surface area contributed by atoms with Crippen LogP contribution >= 0.6 is 0 Å². The summed E-state index contributed by atoms with van der Waals surface area (Å²) < 4.78 is 5.60. The molecule has 1 unspecified atom stereocenters. The molecule has 0 amide bonds. The molecule has 0 radical (unpaired) electrons. The molecule has 1 rings (SSSR count). The van der Waals surface area contributed by atoms with E-state index < -0.39 is 0 Å². The molecule has 0 fully saturated rings. The number of terminal acetylenes is 1. The van der Waals surface area contributed by atoms with E-state index in [2.05, 4.69) is 50.7 Å². The van der Waals surface area contributed by atoms with Gasteiger partial charge in [0.25, 0.3) is 0 Å². The van der Waals surface area contributed by atoms with Crippen LogP contribution in [0.2, 0.25) is 0 Å². The Hall–Kier alpha value is -1.70. The molecule has 100 valence electrons. The molecule has 19 heavy (non-hydrogen) atoms. The summed E-state index contributed by atoms with van der Waals surface area (Å²) >= 11 is 0. The van der Waals surface area contributed by atoms with Crippen molar-refractivity contribution < 1.29 is 4.74 Å². The van der Waals surface area contributed by atoms with E-state index in [1.54, 1.807) is 0 Å². The van der Waals surface area contributed by atoms with Crippen molar-refractivity contribution in [3.63, 3.8) is 0 Å². The maximum absolute atomic E-state index is 5.60. The van der Waals surface area contributed by atoms with Gasteiger partial charge in [0.05, 0.1) is 0 Å². The largest absolute Gasteiger partial charge is 0.348 e. The van der Waals surface area contributed by atoms with Gasteiger partial charge in [-0.15, -0.1) is 12.3 Å². The molecular formula is C18H22O. The lowest BCUT2D eigenvalue weighted by molar-refractivity contribution is 0.121. The predicted molar refractivity (Wildman–Crippen MR) is 80.7 cm³/mol. The molecule has 0 bridgehead atoms. The Balaban J connectivity index is 2.75. The summed E-state index contributed by atoms with van der Waals surface area (Å²) in [5.41, 5.74) is 2.45. The normalized spacial score (nSPS) is 12.2. The highest BCUT2D eigenvalue weighted by atomic mass is 16.5. The van der Waals surface area contributed by atoms with Gasteiger partial charge in [0, 0.05) is 6.42 Å². The molecule has 0 heterocycles. The van der Waals surface area contributed by atoms with Crippen molar-refractivity contribution in [2.75, 3.05) is 6.61 Å². The van der Waals surface area contributed by atoms with E-state index in [1.807, 2.05) is 19.1 Å². The topological polar surface area (TPSA) is 9.23 Å². The van der Waals surface area contributed by atoms with E-state index >= 15 is 0 Å². The van der Waals surface area contributed by atoms with Crippen LogP contribution in [0.15, 0.2) is 24.3 Å². The minimum Gasteiger partial charge on any atom is -0.348 e. The van der Waals surface area contributed by atoms with E-state index in [-0.39, 0.29) is 11.5 Å². The molecular weight excluding hydrogens is 232 g/mol. The van der Waals surface area contributed by atoms with Gasteiger partial charge >= 0.3 is 0 Å². The van der Waals surface area contributed by atoms with Gasteiger partial charge in [-0.05, 0) is 16.5 Å². The van der Waals surface area contributed by atoms with Crippen molar-refractivity contribution >= 4 is 0 Å². The third kappa shape index (κ3) is 4.82. The Kier molecular flexibility index (Phi) is 5.68. The zero-order valence-corrected chi connectivity index (χ0v) is 12.3. The van der Waals surface area contributed by atoms with Crippen LogP contribution in [-0.2, 0) is 10.2 Å². The van der Waals surface area contributed by atoms with E-state index in [0.717, 1.165) is 12.0 Å². The van der Waals surface area contributed by atoms with E-state index in [0.29, 0.717) is 6.61 Å². The molecule has 0 aliphatic rings. The molecule has 1 aromatic rings. The van der Waals surface area contributed by atoms with Crippen molar-refractivity contribution in [3.05, 3.63) is 35.4 Å². The Bertz CT molecular complexity index is 486. The lowest BCUT2D eigenvalue weighted by Gasteiger charge is -2.20. The van der Waals surface area contributed by atoms with Gasteiger partial charge in [0.15, 0.2) is 0 Å². The third-order valence-corrected chi connectivity index (χ3v) is 2.85. The summed E-state index contributed by atoms with van der Waals surface area (Å²) in [4.78, 5) is 0. The molecule has 0 aliphatic heterocycles. The van der Waals surface area contributed by atoms with E-state index in [4.69, 9.17) is 11.2 Å². The molecule has 0 N–H and O–H groups in total. The summed E-state index contributed by atoms with van der Waals surface area (Å²) in [6, 6.07) is 8.30. The molecule has 1 heteroatoms. The fraction of sp³-hybridized carbons (Fsp3) is 0.444. The number of hydrogen-bond acceptors (Lipinski definition) is 1. The second-order valence-corrected chi connectivity index (χ2v) is 5.44. The fourth-order valence-corrected chi connectivity index (χ4v) is 1.70. The SMILES string of the molecule is C#CC(OCC#CCC)c1ccc(C(C)(C)C)cc1. The first-order valence-corrected chi connectivity index (χ1v) is 6.63. The Morgan fingerprint density at radius 3 is 2.26 bits per heavy atom. The highest BCUT2D eigenvalue weighted by Gasteiger charge is 2.14. The van der Waals surface area contributed by atoms with Crippen molar-refractivity contribution in [1.82, 2.24) is 0 Å². The van der Waals surface area contributed by atoms with Gasteiger partial charge in [-0.2, -0.15) is 0 Å². The number of ether oxygens (including phenoxy) is 1. The molecule has 0 saturated carbocycles. The van der Waals surface area contributed by atoms with Crippen molar-refractivity contribution in [2.24, 2.45) is 0 Å². The maximum atomic E-state index is 5.60.